The number of aryl methyl sites for hydroxylation is 1. The fourth-order valence-corrected chi connectivity index (χ4v) is 2.12. The van der Waals surface area contributed by atoms with Gasteiger partial charge in [-0.05, 0) is 31.0 Å². The predicted octanol–water partition coefficient (Wildman–Crippen LogP) is 2.50. The molecule has 5 heteroatoms. The first-order valence-electron chi connectivity index (χ1n) is 5.06. The molecule has 0 radical (unpaired) electrons. The molecule has 0 atom stereocenters. The van der Waals surface area contributed by atoms with Gasteiger partial charge in [-0.2, -0.15) is 0 Å². The van der Waals surface area contributed by atoms with Crippen LogP contribution in [-0.2, 0) is 9.84 Å². The second-order valence-electron chi connectivity index (χ2n) is 3.87. The van der Waals surface area contributed by atoms with Crippen LogP contribution in [0.1, 0.15) is 12.0 Å². The largest absolute Gasteiger partial charge is 0.385 e. The molecule has 0 fully saturated rings. The molecule has 1 rings (SSSR count). The quantitative estimate of drug-likeness (QED) is 0.829. The minimum atomic E-state index is -2.86. The van der Waals surface area contributed by atoms with Crippen molar-refractivity contribution < 1.29 is 8.42 Å². The summed E-state index contributed by atoms with van der Waals surface area (Å²) in [5, 5.41) is 3.85. The predicted molar refractivity (Wildman–Crippen MR) is 69.0 cm³/mol. The van der Waals surface area contributed by atoms with Crippen molar-refractivity contribution >= 4 is 27.1 Å². The van der Waals surface area contributed by atoms with Gasteiger partial charge in [0, 0.05) is 23.5 Å². The van der Waals surface area contributed by atoms with E-state index in [1.807, 2.05) is 25.1 Å². The topological polar surface area (TPSA) is 46.2 Å². The second-order valence-corrected chi connectivity index (χ2v) is 6.54. The normalized spacial score (nSPS) is 11.4. The van der Waals surface area contributed by atoms with E-state index in [2.05, 4.69) is 5.32 Å². The van der Waals surface area contributed by atoms with Crippen LogP contribution in [0.25, 0.3) is 0 Å². The highest BCUT2D eigenvalue weighted by Crippen LogP contribution is 2.19. The van der Waals surface area contributed by atoms with Gasteiger partial charge in [0.15, 0.2) is 0 Å². The molecule has 0 amide bonds. The molecule has 16 heavy (non-hydrogen) atoms. The highest BCUT2D eigenvalue weighted by molar-refractivity contribution is 7.90. The molecule has 0 heterocycles. The van der Waals surface area contributed by atoms with E-state index in [-0.39, 0.29) is 5.75 Å². The third kappa shape index (κ3) is 4.86. The number of halogens is 1. The summed E-state index contributed by atoms with van der Waals surface area (Å²) in [6.07, 6.45) is 1.85. The van der Waals surface area contributed by atoms with E-state index in [9.17, 15) is 8.42 Å². The van der Waals surface area contributed by atoms with Gasteiger partial charge < -0.3 is 5.32 Å². The third-order valence-electron chi connectivity index (χ3n) is 2.19. The molecule has 1 aromatic rings. The summed E-state index contributed by atoms with van der Waals surface area (Å²) in [5.41, 5.74) is 1.95. The van der Waals surface area contributed by atoms with Gasteiger partial charge in [-0.1, -0.05) is 17.7 Å². The van der Waals surface area contributed by atoms with Gasteiger partial charge in [-0.15, -0.1) is 0 Å². The fourth-order valence-electron chi connectivity index (χ4n) is 1.27. The molecular formula is C11H16ClNO2S. The Labute approximate surface area is 102 Å². The van der Waals surface area contributed by atoms with Crippen molar-refractivity contribution in [1.82, 2.24) is 0 Å². The first kappa shape index (κ1) is 13.3. The summed E-state index contributed by atoms with van der Waals surface area (Å²) < 4.78 is 21.8. The number of hydrogen-bond acceptors (Lipinski definition) is 3. The Morgan fingerprint density at radius 2 is 2.06 bits per heavy atom. The zero-order valence-corrected chi connectivity index (χ0v) is 11.0. The van der Waals surface area contributed by atoms with Gasteiger partial charge in [-0.25, -0.2) is 8.42 Å². The number of nitrogens with one attached hydrogen (secondary N) is 1. The van der Waals surface area contributed by atoms with E-state index in [4.69, 9.17) is 11.6 Å². The summed E-state index contributed by atoms with van der Waals surface area (Å²) in [4.78, 5) is 0. The summed E-state index contributed by atoms with van der Waals surface area (Å²) in [6, 6.07) is 5.71. The van der Waals surface area contributed by atoms with Crippen molar-refractivity contribution in [2.24, 2.45) is 0 Å². The Hall–Kier alpha value is -0.740. The third-order valence-corrected chi connectivity index (χ3v) is 3.63. The second kappa shape index (κ2) is 5.55. The first-order chi connectivity index (χ1) is 7.38. The molecule has 0 spiro atoms. The van der Waals surface area contributed by atoms with E-state index in [0.29, 0.717) is 18.0 Å². The molecule has 0 saturated heterocycles. The first-order valence-corrected chi connectivity index (χ1v) is 7.50. The summed E-state index contributed by atoms with van der Waals surface area (Å²) >= 11 is 5.96. The van der Waals surface area contributed by atoms with Crippen molar-refractivity contribution in [3.05, 3.63) is 28.8 Å². The molecule has 0 saturated carbocycles. The Morgan fingerprint density at radius 3 is 2.62 bits per heavy atom. The smallest absolute Gasteiger partial charge is 0.147 e. The van der Waals surface area contributed by atoms with Gasteiger partial charge in [0.1, 0.15) is 9.84 Å². The van der Waals surface area contributed by atoms with E-state index in [0.717, 1.165) is 11.3 Å². The molecule has 0 aliphatic carbocycles. The van der Waals surface area contributed by atoms with E-state index < -0.39 is 9.84 Å². The molecule has 0 aromatic heterocycles. The highest BCUT2D eigenvalue weighted by atomic mass is 35.5. The average molecular weight is 262 g/mol. The van der Waals surface area contributed by atoms with Crippen molar-refractivity contribution in [1.29, 1.82) is 0 Å². The maximum atomic E-state index is 10.9. The number of hydrogen-bond donors (Lipinski definition) is 1. The van der Waals surface area contributed by atoms with Crippen molar-refractivity contribution in [2.75, 3.05) is 23.9 Å². The van der Waals surface area contributed by atoms with Gasteiger partial charge in [0.2, 0.25) is 0 Å². The minimum absolute atomic E-state index is 0.208. The van der Waals surface area contributed by atoms with Crippen LogP contribution >= 0.6 is 11.6 Å². The van der Waals surface area contributed by atoms with Gasteiger partial charge in [0.25, 0.3) is 0 Å². The van der Waals surface area contributed by atoms with Gasteiger partial charge in [-0.3, -0.25) is 0 Å². The number of rotatable bonds is 5. The Kier molecular flexibility index (Phi) is 4.62. The lowest BCUT2D eigenvalue weighted by Gasteiger charge is -2.07. The van der Waals surface area contributed by atoms with Gasteiger partial charge in [0.05, 0.1) is 5.75 Å². The van der Waals surface area contributed by atoms with Crippen LogP contribution in [0.4, 0.5) is 5.69 Å². The molecule has 1 aromatic carbocycles. The van der Waals surface area contributed by atoms with E-state index >= 15 is 0 Å². The fraction of sp³-hybridized carbons (Fsp3) is 0.455. The van der Waals surface area contributed by atoms with E-state index in [1.54, 1.807) is 0 Å². The molecule has 1 N–H and O–H groups in total. The van der Waals surface area contributed by atoms with Crippen LogP contribution in [0.5, 0.6) is 0 Å². The lowest BCUT2D eigenvalue weighted by Crippen LogP contribution is -2.09. The van der Waals surface area contributed by atoms with Crippen molar-refractivity contribution in [3.8, 4) is 0 Å². The Bertz CT molecular complexity index is 457. The molecule has 90 valence electrons. The van der Waals surface area contributed by atoms with Gasteiger partial charge >= 0.3 is 0 Å². The SMILES string of the molecule is Cc1ccc(NCCCS(C)(=O)=O)cc1Cl. The zero-order chi connectivity index (χ0) is 12.2. The molecule has 0 aliphatic heterocycles. The van der Waals surface area contributed by atoms with Crippen LogP contribution < -0.4 is 5.32 Å². The summed E-state index contributed by atoms with van der Waals surface area (Å²) in [7, 11) is -2.86. The monoisotopic (exact) mass is 261 g/mol. The standard InChI is InChI=1S/C11H16ClNO2S/c1-9-4-5-10(8-11(9)12)13-6-3-7-16(2,14)15/h4-5,8,13H,3,6-7H2,1-2H3. The average Bonchev–Trinajstić information content (AvgIpc) is 2.17. The molecular weight excluding hydrogens is 246 g/mol. The van der Waals surface area contributed by atoms with Crippen LogP contribution in [0.15, 0.2) is 18.2 Å². The lowest BCUT2D eigenvalue weighted by atomic mass is 10.2. The van der Waals surface area contributed by atoms with Crippen molar-refractivity contribution in [3.63, 3.8) is 0 Å². The molecule has 3 nitrogen and oxygen atoms in total. The number of anilines is 1. The maximum absolute atomic E-state index is 10.9. The molecule has 0 bridgehead atoms. The van der Waals surface area contributed by atoms with Crippen LogP contribution in [-0.4, -0.2) is 27.0 Å². The van der Waals surface area contributed by atoms with Crippen LogP contribution in [0, 0.1) is 6.92 Å². The summed E-state index contributed by atoms with van der Waals surface area (Å²) in [5.74, 6) is 0.208. The zero-order valence-electron chi connectivity index (χ0n) is 9.46. The Balaban J connectivity index is 2.41. The highest BCUT2D eigenvalue weighted by Gasteiger charge is 2.01. The number of benzene rings is 1. The maximum Gasteiger partial charge on any atom is 0.147 e. The lowest BCUT2D eigenvalue weighted by molar-refractivity contribution is 0.600. The van der Waals surface area contributed by atoms with E-state index in [1.165, 1.54) is 6.26 Å². The van der Waals surface area contributed by atoms with Crippen LogP contribution in [0.2, 0.25) is 5.02 Å². The van der Waals surface area contributed by atoms with Crippen molar-refractivity contribution in [2.45, 2.75) is 13.3 Å². The molecule has 0 unspecified atom stereocenters. The minimum Gasteiger partial charge on any atom is -0.385 e. The molecule has 0 aliphatic rings. The summed E-state index contributed by atoms with van der Waals surface area (Å²) in [6.45, 7) is 2.57. The Morgan fingerprint density at radius 1 is 1.38 bits per heavy atom. The van der Waals surface area contributed by atoms with Crippen LogP contribution in [0.3, 0.4) is 0 Å². The number of sulfone groups is 1.